The second-order valence-corrected chi connectivity index (χ2v) is 10.2. The van der Waals surface area contributed by atoms with Gasteiger partial charge < -0.3 is 5.32 Å². The molecule has 1 heterocycles. The summed E-state index contributed by atoms with van der Waals surface area (Å²) in [6.45, 7) is 10.00. The van der Waals surface area contributed by atoms with E-state index in [4.69, 9.17) is 4.99 Å². The summed E-state index contributed by atoms with van der Waals surface area (Å²) in [5.74, 6) is 0.0671. The summed E-state index contributed by atoms with van der Waals surface area (Å²) in [7, 11) is 0. The molecule has 0 saturated carbocycles. The van der Waals surface area contributed by atoms with Gasteiger partial charge in [-0.05, 0) is 39.0 Å². The van der Waals surface area contributed by atoms with Gasteiger partial charge in [0.2, 0.25) is 5.91 Å². The predicted octanol–water partition coefficient (Wildman–Crippen LogP) is 7.58. The predicted molar refractivity (Wildman–Crippen MR) is 145 cm³/mol. The number of nitrogens with one attached hydrogen (secondary N) is 1. The Morgan fingerprint density at radius 1 is 0.879 bits per heavy atom. The number of amides is 1. The average Bonchev–Trinajstić information content (AvgIpc) is 3.21. The van der Waals surface area contributed by atoms with Crippen LogP contribution in [-0.4, -0.2) is 48.9 Å². The number of quaternary nitrogens is 1. The van der Waals surface area contributed by atoms with E-state index in [1.54, 1.807) is 6.92 Å². The molecule has 1 aliphatic heterocycles. The maximum Gasteiger partial charge on any atom is 0.217 e. The van der Waals surface area contributed by atoms with E-state index in [1.165, 1.54) is 109 Å². The minimum Gasteiger partial charge on any atom is -0.351 e. The molecular weight excluding hydrogens is 406 g/mol. The lowest BCUT2D eigenvalue weighted by Gasteiger charge is -2.38. The summed E-state index contributed by atoms with van der Waals surface area (Å²) < 4.78 is 1.01. The van der Waals surface area contributed by atoms with Crippen molar-refractivity contribution < 1.29 is 9.28 Å². The van der Waals surface area contributed by atoms with Crippen LogP contribution in [0.1, 0.15) is 130 Å². The van der Waals surface area contributed by atoms with Crippen LogP contribution in [0.3, 0.4) is 0 Å². The maximum absolute atomic E-state index is 11.2. The molecule has 1 aliphatic rings. The van der Waals surface area contributed by atoms with Gasteiger partial charge in [-0.3, -0.25) is 9.28 Å². The molecule has 192 valence electrons. The average molecular weight is 463 g/mol. The Morgan fingerprint density at radius 3 is 1.97 bits per heavy atom. The number of carbonyl (C=O) groups is 1. The van der Waals surface area contributed by atoms with E-state index < -0.39 is 0 Å². The third kappa shape index (κ3) is 14.7. The zero-order valence-electron chi connectivity index (χ0n) is 22.5. The number of likely N-dealkylation sites (N-methyl/N-ethyl adjacent to an activating group) is 1. The van der Waals surface area contributed by atoms with Crippen molar-refractivity contribution in [3.63, 3.8) is 0 Å². The van der Waals surface area contributed by atoms with Gasteiger partial charge in [0.25, 0.3) is 0 Å². The SMILES string of the molecule is CCCCCCCCCCCCC/C=C/CCCCCC1N=CC[N+]1(CC)CCNC(C)=O. The molecule has 0 aromatic heterocycles. The van der Waals surface area contributed by atoms with Crippen molar-refractivity contribution in [1.82, 2.24) is 5.32 Å². The highest BCUT2D eigenvalue weighted by Gasteiger charge is 2.37. The molecule has 1 amide bonds. The van der Waals surface area contributed by atoms with Gasteiger partial charge in [-0.25, -0.2) is 4.99 Å². The number of allylic oxidation sites excluding steroid dienone is 2. The van der Waals surface area contributed by atoms with Crippen LogP contribution in [0.5, 0.6) is 0 Å². The summed E-state index contributed by atoms with van der Waals surface area (Å²) in [5.41, 5.74) is 0. The number of unbranched alkanes of at least 4 members (excludes halogenated alkanes) is 14. The number of nitrogens with zero attached hydrogens (tertiary/aromatic N) is 2. The number of hydrogen-bond donors (Lipinski definition) is 1. The fourth-order valence-corrected chi connectivity index (χ4v) is 5.06. The first-order valence-electron chi connectivity index (χ1n) is 14.4. The molecule has 0 saturated heterocycles. The molecule has 0 radical (unpaired) electrons. The monoisotopic (exact) mass is 462 g/mol. The fraction of sp³-hybridized carbons (Fsp3) is 0.862. The zero-order chi connectivity index (χ0) is 24.0. The van der Waals surface area contributed by atoms with Crippen molar-refractivity contribution >= 4 is 12.1 Å². The van der Waals surface area contributed by atoms with Gasteiger partial charge in [0.05, 0.1) is 25.8 Å². The number of aliphatic imine (C=N–C) groups is 1. The molecule has 0 aromatic carbocycles. The standard InChI is InChI=1S/C29H55N3O/c1-4-6-7-8-9-10-11-12-13-14-15-16-17-18-19-20-21-22-23-29-31-25-27-32(29,5-2)26-24-30-28(3)33/h17-18,25,29H,4-16,19-24,26-27H2,1-3H3/p+1/b18-17+. The van der Waals surface area contributed by atoms with E-state index in [2.05, 4.69) is 37.5 Å². The highest BCUT2D eigenvalue weighted by atomic mass is 16.1. The van der Waals surface area contributed by atoms with E-state index in [-0.39, 0.29) is 5.91 Å². The molecule has 0 spiro atoms. The molecule has 0 aromatic rings. The van der Waals surface area contributed by atoms with E-state index in [0.29, 0.717) is 6.17 Å². The highest BCUT2D eigenvalue weighted by molar-refractivity contribution is 5.72. The van der Waals surface area contributed by atoms with E-state index in [1.807, 2.05) is 0 Å². The van der Waals surface area contributed by atoms with Crippen LogP contribution >= 0.6 is 0 Å². The topological polar surface area (TPSA) is 41.5 Å². The Hall–Kier alpha value is -1.16. The first kappa shape index (κ1) is 29.9. The molecule has 1 N–H and O–H groups in total. The lowest BCUT2D eigenvalue weighted by molar-refractivity contribution is -0.935. The van der Waals surface area contributed by atoms with Crippen LogP contribution in [0.2, 0.25) is 0 Å². The Bertz CT molecular complexity index is 531. The third-order valence-electron chi connectivity index (χ3n) is 7.39. The smallest absolute Gasteiger partial charge is 0.217 e. The van der Waals surface area contributed by atoms with E-state index in [0.717, 1.165) is 30.7 Å². The van der Waals surface area contributed by atoms with Gasteiger partial charge >= 0.3 is 0 Å². The molecule has 2 atom stereocenters. The quantitative estimate of drug-likeness (QED) is 0.101. The Kier molecular flexibility index (Phi) is 18.3. The van der Waals surface area contributed by atoms with Crippen LogP contribution in [0.25, 0.3) is 0 Å². The summed E-state index contributed by atoms with van der Waals surface area (Å²) >= 11 is 0. The first-order chi connectivity index (χ1) is 16.1. The zero-order valence-corrected chi connectivity index (χ0v) is 22.5. The van der Waals surface area contributed by atoms with Gasteiger partial charge in [-0.15, -0.1) is 0 Å². The van der Waals surface area contributed by atoms with Crippen molar-refractivity contribution in [3.05, 3.63) is 12.2 Å². The van der Waals surface area contributed by atoms with E-state index in [9.17, 15) is 4.79 Å². The van der Waals surface area contributed by atoms with Crippen LogP contribution in [0.4, 0.5) is 0 Å². The van der Waals surface area contributed by atoms with Crippen LogP contribution in [0, 0.1) is 0 Å². The third-order valence-corrected chi connectivity index (χ3v) is 7.39. The molecule has 2 unspecified atom stereocenters. The van der Waals surface area contributed by atoms with Crippen molar-refractivity contribution in [2.45, 2.75) is 136 Å². The van der Waals surface area contributed by atoms with Gasteiger partial charge in [-0.2, -0.15) is 0 Å². The van der Waals surface area contributed by atoms with Crippen molar-refractivity contribution in [3.8, 4) is 0 Å². The van der Waals surface area contributed by atoms with Crippen LogP contribution < -0.4 is 5.32 Å². The van der Waals surface area contributed by atoms with Gasteiger partial charge in [0.15, 0.2) is 6.17 Å². The van der Waals surface area contributed by atoms with Gasteiger partial charge in [0.1, 0.15) is 6.54 Å². The van der Waals surface area contributed by atoms with Gasteiger partial charge in [-0.1, -0.05) is 89.7 Å². The largest absolute Gasteiger partial charge is 0.351 e. The summed E-state index contributed by atoms with van der Waals surface area (Å²) in [5, 5.41) is 2.96. The second kappa shape index (κ2) is 20.2. The minimum atomic E-state index is 0.0671. The lowest BCUT2D eigenvalue weighted by Crippen LogP contribution is -2.55. The number of carbonyl (C=O) groups excluding carboxylic acids is 1. The molecule has 0 bridgehead atoms. The lowest BCUT2D eigenvalue weighted by atomic mass is 10.0. The van der Waals surface area contributed by atoms with Crippen LogP contribution in [-0.2, 0) is 4.79 Å². The molecule has 4 nitrogen and oxygen atoms in total. The normalized spacial score (nSPS) is 20.2. The minimum absolute atomic E-state index is 0.0671. The molecule has 0 aliphatic carbocycles. The van der Waals surface area contributed by atoms with Gasteiger partial charge in [0, 0.05) is 13.3 Å². The van der Waals surface area contributed by atoms with Crippen molar-refractivity contribution in [1.29, 1.82) is 0 Å². The highest BCUT2D eigenvalue weighted by Crippen LogP contribution is 2.24. The summed E-state index contributed by atoms with van der Waals surface area (Å²) in [6, 6.07) is 0. The fourth-order valence-electron chi connectivity index (χ4n) is 5.06. The number of rotatable bonds is 22. The Balaban J connectivity index is 1.95. The summed E-state index contributed by atoms with van der Waals surface area (Å²) in [4.78, 5) is 16.0. The second-order valence-electron chi connectivity index (χ2n) is 10.2. The van der Waals surface area contributed by atoms with Crippen molar-refractivity contribution in [2.24, 2.45) is 4.99 Å². The summed E-state index contributed by atoms with van der Waals surface area (Å²) in [6.07, 6.45) is 30.5. The molecule has 33 heavy (non-hydrogen) atoms. The Morgan fingerprint density at radius 2 is 1.42 bits per heavy atom. The number of hydrogen-bond acceptors (Lipinski definition) is 2. The van der Waals surface area contributed by atoms with Crippen LogP contribution in [0.15, 0.2) is 17.1 Å². The molecule has 4 heteroatoms. The van der Waals surface area contributed by atoms with Crippen molar-refractivity contribution in [2.75, 3.05) is 26.2 Å². The molecular formula is C29H56N3O+. The Labute approximate surface area is 206 Å². The first-order valence-corrected chi connectivity index (χ1v) is 14.4. The molecule has 0 fully saturated rings. The molecule has 1 rings (SSSR count). The maximum atomic E-state index is 11.2. The van der Waals surface area contributed by atoms with E-state index >= 15 is 0 Å².